The first-order valence-corrected chi connectivity index (χ1v) is 10.7. The Kier molecular flexibility index (Phi) is 8.15. The van der Waals surface area contributed by atoms with Gasteiger partial charge in [-0.3, -0.25) is 4.79 Å². The molecule has 3 N–H and O–H groups in total. The Labute approximate surface area is 167 Å². The van der Waals surface area contributed by atoms with Gasteiger partial charge in [0, 0.05) is 6.54 Å². The zero-order chi connectivity index (χ0) is 19.6. The molecule has 1 heterocycles. The van der Waals surface area contributed by atoms with Crippen LogP contribution in [0.5, 0.6) is 0 Å². The van der Waals surface area contributed by atoms with E-state index in [1.54, 1.807) is 0 Å². The molecule has 1 aliphatic carbocycles. The lowest BCUT2D eigenvalue weighted by atomic mass is 9.83. The summed E-state index contributed by atoms with van der Waals surface area (Å²) in [5.41, 5.74) is 0.933. The monoisotopic (exact) mass is 387 g/mol. The first kappa shape index (κ1) is 20.6. The first-order chi connectivity index (χ1) is 13.7. The van der Waals surface area contributed by atoms with Gasteiger partial charge in [-0.25, -0.2) is 4.79 Å². The topological polar surface area (TPSA) is 79.5 Å². The number of benzene rings is 1. The Morgan fingerprint density at radius 2 is 1.75 bits per heavy atom. The predicted molar refractivity (Wildman–Crippen MR) is 109 cm³/mol. The van der Waals surface area contributed by atoms with Gasteiger partial charge in [0.05, 0.1) is 0 Å². The Hall–Kier alpha value is -2.08. The van der Waals surface area contributed by atoms with E-state index >= 15 is 0 Å². The minimum atomic E-state index is -0.517. The smallest absolute Gasteiger partial charge is 0.408 e. The lowest BCUT2D eigenvalue weighted by Gasteiger charge is -2.30. The molecule has 28 heavy (non-hydrogen) atoms. The van der Waals surface area contributed by atoms with Gasteiger partial charge in [-0.15, -0.1) is 0 Å². The Balaban J connectivity index is 1.52. The maximum atomic E-state index is 12.9. The fourth-order valence-corrected chi connectivity index (χ4v) is 4.20. The summed E-state index contributed by atoms with van der Waals surface area (Å²) in [7, 11) is 0. The maximum Gasteiger partial charge on any atom is 0.408 e. The standard InChI is InChI=1S/C22H33N3O3/c26-21(24-15-17-11-13-23-14-12-17)20(19-9-5-2-6-10-19)25-22(27)28-16-18-7-3-1-4-8-18/h1,3-4,7-8,17,19-20,23H,2,5-6,9-16H2,(H,24,26)(H,25,27)/t20-/m0/s1. The minimum absolute atomic E-state index is 0.0675. The molecule has 0 bridgehead atoms. The largest absolute Gasteiger partial charge is 0.445 e. The van der Waals surface area contributed by atoms with Gasteiger partial charge in [0.1, 0.15) is 12.6 Å². The van der Waals surface area contributed by atoms with E-state index in [2.05, 4.69) is 16.0 Å². The Morgan fingerprint density at radius 1 is 1.04 bits per heavy atom. The number of nitrogens with one attached hydrogen (secondary N) is 3. The van der Waals surface area contributed by atoms with Crippen molar-refractivity contribution in [1.82, 2.24) is 16.0 Å². The number of amides is 2. The normalized spacial score (nSPS) is 19.6. The molecule has 1 atom stereocenters. The second-order valence-electron chi connectivity index (χ2n) is 8.02. The van der Waals surface area contributed by atoms with Crippen LogP contribution < -0.4 is 16.0 Å². The van der Waals surface area contributed by atoms with Crippen molar-refractivity contribution in [2.24, 2.45) is 11.8 Å². The molecule has 0 spiro atoms. The molecule has 6 nitrogen and oxygen atoms in total. The number of alkyl carbamates (subject to hydrolysis) is 1. The number of hydrogen-bond donors (Lipinski definition) is 3. The number of carbonyl (C=O) groups is 2. The van der Waals surface area contributed by atoms with E-state index in [1.807, 2.05) is 30.3 Å². The third kappa shape index (κ3) is 6.51. The molecule has 2 amide bonds. The van der Waals surface area contributed by atoms with Gasteiger partial charge < -0.3 is 20.7 Å². The molecule has 1 aromatic carbocycles. The molecule has 2 fully saturated rings. The highest BCUT2D eigenvalue weighted by Crippen LogP contribution is 2.27. The summed E-state index contributed by atoms with van der Waals surface area (Å²) < 4.78 is 5.36. The van der Waals surface area contributed by atoms with Crippen LogP contribution in [0.2, 0.25) is 0 Å². The summed E-state index contributed by atoms with van der Waals surface area (Å²) in [6, 6.07) is 9.07. The lowest BCUT2D eigenvalue weighted by molar-refractivity contribution is -0.124. The molecule has 1 saturated heterocycles. The molecule has 1 aromatic rings. The fourth-order valence-electron chi connectivity index (χ4n) is 4.20. The van der Waals surface area contributed by atoms with Crippen LogP contribution in [0.3, 0.4) is 0 Å². The van der Waals surface area contributed by atoms with Crippen molar-refractivity contribution in [1.29, 1.82) is 0 Å². The van der Waals surface area contributed by atoms with Gasteiger partial charge in [0.25, 0.3) is 0 Å². The second kappa shape index (κ2) is 11.1. The number of piperidine rings is 1. The van der Waals surface area contributed by atoms with Crippen molar-refractivity contribution in [3.63, 3.8) is 0 Å². The van der Waals surface area contributed by atoms with Crippen LogP contribution in [-0.4, -0.2) is 37.7 Å². The maximum absolute atomic E-state index is 12.9. The SMILES string of the molecule is O=C(N[C@H](C(=O)NCC1CCNCC1)C1CCCCC1)OCc1ccccc1. The summed E-state index contributed by atoms with van der Waals surface area (Å²) in [4.78, 5) is 25.3. The summed E-state index contributed by atoms with van der Waals surface area (Å²) in [5.74, 6) is 0.635. The van der Waals surface area contributed by atoms with Crippen LogP contribution in [0.1, 0.15) is 50.5 Å². The van der Waals surface area contributed by atoms with Gasteiger partial charge >= 0.3 is 6.09 Å². The number of rotatable bonds is 7. The molecular formula is C22H33N3O3. The predicted octanol–water partition coefficient (Wildman–Crippen LogP) is 2.98. The average molecular weight is 388 g/mol. The van der Waals surface area contributed by atoms with Gasteiger partial charge in [-0.2, -0.15) is 0 Å². The second-order valence-corrected chi connectivity index (χ2v) is 8.02. The highest BCUT2D eigenvalue weighted by atomic mass is 16.5. The molecular weight excluding hydrogens is 354 g/mol. The van der Waals surface area contributed by atoms with Crippen LogP contribution in [0, 0.1) is 11.8 Å². The van der Waals surface area contributed by atoms with Crippen molar-refractivity contribution >= 4 is 12.0 Å². The van der Waals surface area contributed by atoms with Crippen molar-refractivity contribution in [3.8, 4) is 0 Å². The number of carbonyl (C=O) groups excluding carboxylic acids is 2. The van der Waals surface area contributed by atoms with Crippen LogP contribution >= 0.6 is 0 Å². The van der Waals surface area contributed by atoms with E-state index in [1.165, 1.54) is 6.42 Å². The van der Waals surface area contributed by atoms with Crippen molar-refractivity contribution in [2.75, 3.05) is 19.6 Å². The van der Waals surface area contributed by atoms with E-state index in [4.69, 9.17) is 4.74 Å². The summed E-state index contributed by atoms with van der Waals surface area (Å²) in [6.07, 6.45) is 7.04. The average Bonchev–Trinajstić information content (AvgIpc) is 2.76. The van der Waals surface area contributed by atoms with Gasteiger partial charge in [0.15, 0.2) is 0 Å². The fraction of sp³-hybridized carbons (Fsp3) is 0.636. The third-order valence-corrected chi connectivity index (χ3v) is 5.91. The number of ether oxygens (including phenoxy) is 1. The van der Waals surface area contributed by atoms with E-state index in [-0.39, 0.29) is 18.4 Å². The summed E-state index contributed by atoms with van der Waals surface area (Å²) in [6.45, 7) is 2.92. The third-order valence-electron chi connectivity index (χ3n) is 5.91. The van der Waals surface area contributed by atoms with Crippen molar-refractivity contribution in [3.05, 3.63) is 35.9 Å². The molecule has 0 unspecified atom stereocenters. The van der Waals surface area contributed by atoms with Crippen LogP contribution in [0.25, 0.3) is 0 Å². The van der Waals surface area contributed by atoms with E-state index in [0.717, 1.165) is 57.2 Å². The zero-order valence-corrected chi connectivity index (χ0v) is 16.6. The molecule has 154 valence electrons. The molecule has 2 aliphatic rings. The van der Waals surface area contributed by atoms with Crippen LogP contribution in [0.15, 0.2) is 30.3 Å². The van der Waals surface area contributed by atoms with E-state index in [0.29, 0.717) is 12.5 Å². The van der Waals surface area contributed by atoms with Gasteiger partial charge in [-0.1, -0.05) is 49.6 Å². The van der Waals surface area contributed by atoms with Gasteiger partial charge in [-0.05, 0) is 56.2 Å². The molecule has 1 saturated carbocycles. The van der Waals surface area contributed by atoms with E-state index < -0.39 is 12.1 Å². The van der Waals surface area contributed by atoms with Gasteiger partial charge in [0.2, 0.25) is 5.91 Å². The highest BCUT2D eigenvalue weighted by Gasteiger charge is 2.31. The van der Waals surface area contributed by atoms with Crippen molar-refractivity contribution in [2.45, 2.75) is 57.6 Å². The lowest BCUT2D eigenvalue weighted by Crippen LogP contribution is -2.52. The molecule has 6 heteroatoms. The van der Waals surface area contributed by atoms with Crippen molar-refractivity contribution < 1.29 is 14.3 Å². The minimum Gasteiger partial charge on any atom is -0.445 e. The first-order valence-electron chi connectivity index (χ1n) is 10.7. The molecule has 0 aromatic heterocycles. The Bertz CT molecular complexity index is 611. The highest BCUT2D eigenvalue weighted by molar-refractivity contribution is 5.86. The molecule has 0 radical (unpaired) electrons. The van der Waals surface area contributed by atoms with Crippen LogP contribution in [-0.2, 0) is 16.1 Å². The number of hydrogen-bond acceptors (Lipinski definition) is 4. The molecule has 1 aliphatic heterocycles. The summed E-state index contributed by atoms with van der Waals surface area (Å²) >= 11 is 0. The quantitative estimate of drug-likeness (QED) is 0.672. The zero-order valence-electron chi connectivity index (χ0n) is 16.6. The van der Waals surface area contributed by atoms with E-state index in [9.17, 15) is 9.59 Å². The summed E-state index contributed by atoms with van der Waals surface area (Å²) in [5, 5.41) is 9.30. The van der Waals surface area contributed by atoms with Crippen LogP contribution in [0.4, 0.5) is 4.79 Å². The Morgan fingerprint density at radius 3 is 2.46 bits per heavy atom. The molecule has 3 rings (SSSR count).